The maximum Gasteiger partial charge on any atom is 0.330 e. The molecule has 2 N–H and O–H groups in total. The smallest absolute Gasteiger partial charge is 0.330 e. The van der Waals surface area contributed by atoms with Gasteiger partial charge in [0.15, 0.2) is 11.6 Å². The summed E-state index contributed by atoms with van der Waals surface area (Å²) in [6.45, 7) is 2.78. The van der Waals surface area contributed by atoms with Gasteiger partial charge in [0.2, 0.25) is 5.88 Å². The number of nitrogens with two attached hydrogens (primary N) is 1. The number of pyridine rings is 1. The zero-order chi connectivity index (χ0) is 19.5. The van der Waals surface area contributed by atoms with Crippen LogP contribution in [0.4, 0.5) is 14.5 Å². The van der Waals surface area contributed by atoms with Gasteiger partial charge in [-0.25, -0.2) is 18.6 Å². The monoisotopic (exact) mass is 367 g/mol. The van der Waals surface area contributed by atoms with Crippen LogP contribution < -0.4 is 10.5 Å². The molecule has 8 nitrogen and oxygen atoms in total. The number of nitro groups is 1. The van der Waals surface area contributed by atoms with E-state index in [1.807, 2.05) is 0 Å². The summed E-state index contributed by atoms with van der Waals surface area (Å²) in [6, 6.07) is 3.67. The number of hydrogen-bond acceptors (Lipinski definition) is 7. The standard InChI is InChI=1S/C16H15F2N3O5/c1-3-25-15(22)16(2,19)10-6-12(18)13(7-11(10)17)26-14-5-4-9(8-20-14)21(23)24/h4-8H,3,19H2,1-2H3. The quantitative estimate of drug-likeness (QED) is 0.474. The van der Waals surface area contributed by atoms with Crippen LogP contribution >= 0.6 is 0 Å². The molecule has 26 heavy (non-hydrogen) atoms. The second kappa shape index (κ2) is 7.40. The summed E-state index contributed by atoms with van der Waals surface area (Å²) in [4.78, 5) is 25.4. The highest BCUT2D eigenvalue weighted by atomic mass is 19.1. The van der Waals surface area contributed by atoms with E-state index in [0.717, 1.165) is 24.4 Å². The summed E-state index contributed by atoms with van der Waals surface area (Å²) in [6.07, 6.45) is 0.912. The van der Waals surface area contributed by atoms with Crippen LogP contribution in [-0.2, 0) is 15.1 Å². The van der Waals surface area contributed by atoms with Crippen molar-refractivity contribution in [1.82, 2.24) is 4.98 Å². The van der Waals surface area contributed by atoms with Gasteiger partial charge < -0.3 is 15.2 Å². The van der Waals surface area contributed by atoms with E-state index < -0.39 is 39.4 Å². The number of halogens is 2. The lowest BCUT2D eigenvalue weighted by molar-refractivity contribution is -0.385. The van der Waals surface area contributed by atoms with Crippen LogP contribution in [-0.4, -0.2) is 22.5 Å². The topological polar surface area (TPSA) is 118 Å². The van der Waals surface area contributed by atoms with Gasteiger partial charge in [-0.3, -0.25) is 10.1 Å². The third-order valence-electron chi connectivity index (χ3n) is 3.43. The normalized spacial score (nSPS) is 13.0. The predicted molar refractivity (Wildman–Crippen MR) is 85.5 cm³/mol. The average molecular weight is 367 g/mol. The lowest BCUT2D eigenvalue weighted by Crippen LogP contribution is -2.44. The van der Waals surface area contributed by atoms with Gasteiger partial charge in [-0.1, -0.05) is 0 Å². The largest absolute Gasteiger partial charge is 0.464 e. The second-order valence-electron chi connectivity index (χ2n) is 5.40. The Balaban J connectivity index is 2.31. The fourth-order valence-corrected chi connectivity index (χ4v) is 2.05. The van der Waals surface area contributed by atoms with Crippen LogP contribution in [0.5, 0.6) is 11.6 Å². The van der Waals surface area contributed by atoms with Crippen LogP contribution in [0.2, 0.25) is 0 Å². The minimum absolute atomic E-state index is 0.0305. The number of carbonyl (C=O) groups is 1. The van der Waals surface area contributed by atoms with Crippen LogP contribution in [0.15, 0.2) is 30.5 Å². The van der Waals surface area contributed by atoms with Gasteiger partial charge in [0, 0.05) is 23.8 Å². The molecule has 0 aliphatic rings. The number of esters is 1. The Morgan fingerprint density at radius 2 is 2.04 bits per heavy atom. The summed E-state index contributed by atoms with van der Waals surface area (Å²) >= 11 is 0. The molecule has 0 spiro atoms. The van der Waals surface area contributed by atoms with Crippen LogP contribution in [0.1, 0.15) is 19.4 Å². The first-order valence-corrected chi connectivity index (χ1v) is 7.40. The summed E-state index contributed by atoms with van der Waals surface area (Å²) < 4.78 is 38.5. The first kappa shape index (κ1) is 19.2. The molecule has 138 valence electrons. The van der Waals surface area contributed by atoms with E-state index in [9.17, 15) is 23.7 Å². The molecule has 2 aromatic rings. The van der Waals surface area contributed by atoms with Gasteiger partial charge in [0.25, 0.3) is 5.69 Å². The van der Waals surface area contributed by atoms with Crippen molar-refractivity contribution < 1.29 is 28.0 Å². The maximum absolute atomic E-state index is 14.4. The Bertz CT molecular complexity index is 841. The molecule has 0 saturated carbocycles. The molecular formula is C16H15F2N3O5. The van der Waals surface area contributed by atoms with E-state index in [0.29, 0.717) is 6.07 Å². The first-order valence-electron chi connectivity index (χ1n) is 7.40. The average Bonchev–Trinajstić information content (AvgIpc) is 2.58. The Labute approximate surface area is 146 Å². The molecule has 0 radical (unpaired) electrons. The van der Waals surface area contributed by atoms with E-state index in [1.165, 1.54) is 6.92 Å². The van der Waals surface area contributed by atoms with E-state index in [2.05, 4.69) is 4.98 Å². The highest BCUT2D eigenvalue weighted by molar-refractivity contribution is 5.82. The molecule has 0 fully saturated rings. The van der Waals surface area contributed by atoms with Gasteiger partial charge in [0.1, 0.15) is 17.6 Å². The van der Waals surface area contributed by atoms with Crippen molar-refractivity contribution in [2.45, 2.75) is 19.4 Å². The van der Waals surface area contributed by atoms with Gasteiger partial charge in [-0.05, 0) is 19.9 Å². The molecule has 1 aromatic carbocycles. The van der Waals surface area contributed by atoms with Gasteiger partial charge >= 0.3 is 5.97 Å². The third kappa shape index (κ3) is 3.91. The SMILES string of the molecule is CCOC(=O)C(C)(N)c1cc(F)c(Oc2ccc([N+](=O)[O-])cn2)cc1F. The minimum Gasteiger partial charge on any atom is -0.464 e. The Morgan fingerprint density at radius 3 is 2.58 bits per heavy atom. The summed E-state index contributed by atoms with van der Waals surface area (Å²) in [5.41, 5.74) is 3.20. The van der Waals surface area contributed by atoms with Crippen LogP contribution in [0, 0.1) is 21.7 Å². The number of ether oxygens (including phenoxy) is 2. The maximum atomic E-state index is 14.4. The van der Waals surface area contributed by atoms with Crippen molar-refractivity contribution in [3.05, 3.63) is 57.8 Å². The van der Waals surface area contributed by atoms with E-state index in [-0.39, 0.29) is 18.2 Å². The molecule has 0 amide bonds. The Morgan fingerprint density at radius 1 is 1.35 bits per heavy atom. The zero-order valence-electron chi connectivity index (χ0n) is 13.9. The lowest BCUT2D eigenvalue weighted by Gasteiger charge is -2.23. The van der Waals surface area contributed by atoms with E-state index in [1.54, 1.807) is 6.92 Å². The van der Waals surface area contributed by atoms with Gasteiger partial charge in [-0.15, -0.1) is 0 Å². The minimum atomic E-state index is -1.90. The number of aromatic nitrogens is 1. The third-order valence-corrected chi connectivity index (χ3v) is 3.43. The predicted octanol–water partition coefficient (Wildman–Crippen LogP) is 2.80. The molecule has 2 rings (SSSR count). The molecule has 0 aliphatic heterocycles. The fourth-order valence-electron chi connectivity index (χ4n) is 2.05. The number of benzene rings is 1. The molecule has 10 heteroatoms. The zero-order valence-corrected chi connectivity index (χ0v) is 13.9. The molecule has 0 saturated heterocycles. The number of nitrogens with zero attached hydrogens (tertiary/aromatic N) is 2. The highest BCUT2D eigenvalue weighted by Crippen LogP contribution is 2.31. The lowest BCUT2D eigenvalue weighted by atomic mass is 9.92. The van der Waals surface area contributed by atoms with Gasteiger partial charge in [-0.2, -0.15) is 0 Å². The van der Waals surface area contributed by atoms with Crippen molar-refractivity contribution in [2.24, 2.45) is 5.73 Å². The summed E-state index contributed by atoms with van der Waals surface area (Å²) in [5.74, 6) is -3.59. The van der Waals surface area contributed by atoms with Crippen molar-refractivity contribution in [2.75, 3.05) is 6.61 Å². The molecule has 1 atom stereocenters. The van der Waals surface area contributed by atoms with Crippen molar-refractivity contribution in [1.29, 1.82) is 0 Å². The Kier molecular flexibility index (Phi) is 5.46. The van der Waals surface area contributed by atoms with E-state index >= 15 is 0 Å². The fraction of sp³-hybridized carbons (Fsp3) is 0.250. The van der Waals surface area contributed by atoms with Crippen LogP contribution in [0.25, 0.3) is 0 Å². The molecule has 0 aliphatic carbocycles. The molecule has 1 aromatic heterocycles. The van der Waals surface area contributed by atoms with E-state index in [4.69, 9.17) is 15.2 Å². The number of carbonyl (C=O) groups excluding carboxylic acids is 1. The number of rotatable bonds is 6. The molecule has 1 unspecified atom stereocenters. The second-order valence-corrected chi connectivity index (χ2v) is 5.40. The summed E-state index contributed by atoms with van der Waals surface area (Å²) in [5, 5.41) is 10.6. The molecular weight excluding hydrogens is 352 g/mol. The highest BCUT2D eigenvalue weighted by Gasteiger charge is 2.36. The van der Waals surface area contributed by atoms with Crippen molar-refractivity contribution in [3.63, 3.8) is 0 Å². The van der Waals surface area contributed by atoms with Crippen LogP contribution in [0.3, 0.4) is 0 Å². The van der Waals surface area contributed by atoms with Crippen molar-refractivity contribution >= 4 is 11.7 Å². The molecule has 0 bridgehead atoms. The Hall–Kier alpha value is -3.14. The first-order chi connectivity index (χ1) is 12.2. The molecule has 1 heterocycles. The summed E-state index contributed by atoms with van der Waals surface area (Å²) in [7, 11) is 0. The van der Waals surface area contributed by atoms with Crippen molar-refractivity contribution in [3.8, 4) is 11.6 Å². The number of hydrogen-bond donors (Lipinski definition) is 1. The van der Waals surface area contributed by atoms with Gasteiger partial charge in [0.05, 0.1) is 11.5 Å².